The Morgan fingerprint density at radius 2 is 1.75 bits per heavy atom. The van der Waals surface area contributed by atoms with Crippen molar-refractivity contribution in [2.45, 2.75) is 26.3 Å². The first-order valence-electron chi connectivity index (χ1n) is 7.87. The number of imidazole rings is 1. The van der Waals surface area contributed by atoms with Crippen molar-refractivity contribution in [1.29, 1.82) is 0 Å². The van der Waals surface area contributed by atoms with Gasteiger partial charge in [-0.3, -0.25) is 4.40 Å². The van der Waals surface area contributed by atoms with E-state index in [9.17, 15) is 4.39 Å². The Morgan fingerprint density at radius 3 is 2.50 bits per heavy atom. The number of nitrogens with zero attached hydrogens (tertiary/aromatic N) is 2. The summed E-state index contributed by atoms with van der Waals surface area (Å²) in [5.41, 5.74) is 2.09. The normalized spacial score (nSPS) is 12.2. The van der Waals surface area contributed by atoms with Gasteiger partial charge in [-0.15, -0.1) is 0 Å². The van der Waals surface area contributed by atoms with Crippen molar-refractivity contribution in [3.63, 3.8) is 0 Å². The van der Waals surface area contributed by atoms with E-state index in [2.05, 4.69) is 42.6 Å². The molecule has 122 valence electrons. The molecule has 0 fully saturated rings. The lowest BCUT2D eigenvalue weighted by molar-refractivity contribution is 0.626. The van der Waals surface area contributed by atoms with Crippen LogP contribution in [0.15, 0.2) is 48.5 Å². The zero-order chi connectivity index (χ0) is 16.9. The second-order valence-electron chi connectivity index (χ2n) is 6.85. The molecule has 0 aliphatic rings. The third-order valence-corrected chi connectivity index (χ3v) is 4.80. The summed E-state index contributed by atoms with van der Waals surface area (Å²) in [6.45, 7) is 6.27. The smallest absolute Gasteiger partial charge is 0.197 e. The molecule has 2 aromatic carbocycles. The van der Waals surface area contributed by atoms with Crippen LogP contribution in [0.3, 0.4) is 0 Å². The molecule has 0 bridgehead atoms. The van der Waals surface area contributed by atoms with Crippen molar-refractivity contribution in [3.8, 4) is 11.3 Å². The molecule has 0 amide bonds. The number of nitrogens with one attached hydrogen (secondary N) is 1. The number of halogens is 1. The van der Waals surface area contributed by atoms with E-state index in [0.717, 1.165) is 21.0 Å². The minimum atomic E-state index is -0.260. The van der Waals surface area contributed by atoms with Gasteiger partial charge in [-0.05, 0) is 45.0 Å². The maximum absolute atomic E-state index is 14.4. The van der Waals surface area contributed by atoms with Crippen LogP contribution >= 0.6 is 11.3 Å². The Labute approximate surface area is 143 Å². The Kier molecular flexibility index (Phi) is 3.35. The van der Waals surface area contributed by atoms with Crippen LogP contribution in [-0.4, -0.2) is 14.9 Å². The van der Waals surface area contributed by atoms with E-state index >= 15 is 0 Å². The minimum Gasteiger partial charge on any atom is -0.365 e. The van der Waals surface area contributed by atoms with E-state index in [1.165, 1.54) is 6.07 Å². The van der Waals surface area contributed by atoms with Gasteiger partial charge in [-0.1, -0.05) is 35.6 Å². The van der Waals surface area contributed by atoms with Crippen LogP contribution in [0.1, 0.15) is 20.8 Å². The molecule has 4 aromatic rings. The second-order valence-corrected chi connectivity index (χ2v) is 7.86. The number of hydrogen-bond donors (Lipinski definition) is 1. The number of anilines is 1. The van der Waals surface area contributed by atoms with Crippen molar-refractivity contribution in [1.82, 2.24) is 9.38 Å². The number of aromatic nitrogens is 2. The molecule has 5 heteroatoms. The van der Waals surface area contributed by atoms with Crippen molar-refractivity contribution in [2.75, 3.05) is 5.32 Å². The van der Waals surface area contributed by atoms with Crippen LogP contribution < -0.4 is 5.32 Å². The minimum absolute atomic E-state index is 0.168. The first kappa shape index (κ1) is 15.1. The molecule has 2 heterocycles. The van der Waals surface area contributed by atoms with Crippen LogP contribution in [-0.2, 0) is 0 Å². The predicted molar refractivity (Wildman–Crippen MR) is 99.3 cm³/mol. The van der Waals surface area contributed by atoms with E-state index < -0.39 is 0 Å². The Bertz CT molecular complexity index is 1040. The maximum atomic E-state index is 14.4. The summed E-state index contributed by atoms with van der Waals surface area (Å²) < 4.78 is 17.6. The Balaban J connectivity index is 2.06. The fraction of sp³-hybridized carbons (Fsp3) is 0.211. The average Bonchev–Trinajstić information content (AvgIpc) is 3.03. The first-order chi connectivity index (χ1) is 11.4. The van der Waals surface area contributed by atoms with Gasteiger partial charge in [0.2, 0.25) is 0 Å². The summed E-state index contributed by atoms with van der Waals surface area (Å²) >= 11 is 1.61. The topological polar surface area (TPSA) is 29.3 Å². The zero-order valence-corrected chi connectivity index (χ0v) is 14.6. The molecule has 0 unspecified atom stereocenters. The van der Waals surface area contributed by atoms with Gasteiger partial charge < -0.3 is 5.32 Å². The van der Waals surface area contributed by atoms with Crippen LogP contribution in [0.25, 0.3) is 26.4 Å². The van der Waals surface area contributed by atoms with Crippen molar-refractivity contribution < 1.29 is 4.39 Å². The standard InChI is InChI=1S/C19H18FN3S/c1-19(2,3)22-17-16(12-8-4-5-9-13(12)20)21-18-23(17)14-10-6-7-11-15(14)24-18/h4-11,22H,1-3H3. The summed E-state index contributed by atoms with van der Waals surface area (Å²) in [5, 5.41) is 3.52. The fourth-order valence-corrected chi connectivity index (χ4v) is 3.86. The summed E-state index contributed by atoms with van der Waals surface area (Å²) in [5.74, 6) is 0.574. The number of hydrogen-bond acceptors (Lipinski definition) is 3. The SMILES string of the molecule is CC(C)(C)Nc1c(-c2ccccc2F)nc2sc3ccccc3n12. The van der Waals surface area contributed by atoms with Crippen LogP contribution in [0, 0.1) is 5.82 Å². The monoisotopic (exact) mass is 339 g/mol. The molecule has 3 nitrogen and oxygen atoms in total. The lowest BCUT2D eigenvalue weighted by Gasteiger charge is -2.22. The zero-order valence-electron chi connectivity index (χ0n) is 13.8. The summed E-state index contributed by atoms with van der Waals surface area (Å²) in [4.78, 5) is 5.61. The molecule has 4 rings (SSSR count). The van der Waals surface area contributed by atoms with Crippen LogP contribution in [0.5, 0.6) is 0 Å². The molecule has 0 saturated heterocycles. The quantitative estimate of drug-likeness (QED) is 0.517. The average molecular weight is 339 g/mol. The summed E-state index contributed by atoms with van der Waals surface area (Å²) in [6, 6.07) is 15.0. The van der Waals surface area contributed by atoms with Gasteiger partial charge in [-0.2, -0.15) is 0 Å². The molecule has 24 heavy (non-hydrogen) atoms. The van der Waals surface area contributed by atoms with Gasteiger partial charge in [-0.25, -0.2) is 9.37 Å². The highest BCUT2D eigenvalue weighted by molar-refractivity contribution is 7.23. The summed E-state index contributed by atoms with van der Waals surface area (Å²) in [6.07, 6.45) is 0. The highest BCUT2D eigenvalue weighted by Gasteiger charge is 2.23. The summed E-state index contributed by atoms with van der Waals surface area (Å²) in [7, 11) is 0. The van der Waals surface area contributed by atoms with Gasteiger partial charge in [0.15, 0.2) is 4.96 Å². The van der Waals surface area contributed by atoms with E-state index in [1.54, 1.807) is 23.5 Å². The number of thiazole rings is 1. The molecule has 1 N–H and O–H groups in total. The third kappa shape index (κ3) is 2.45. The molecular formula is C19H18FN3S. The molecule has 0 saturated carbocycles. The molecule has 0 aliphatic carbocycles. The van der Waals surface area contributed by atoms with Crippen molar-refractivity contribution in [2.24, 2.45) is 0 Å². The Morgan fingerprint density at radius 1 is 1.04 bits per heavy atom. The molecule has 0 spiro atoms. The molecule has 2 aromatic heterocycles. The van der Waals surface area contributed by atoms with E-state index in [4.69, 9.17) is 4.98 Å². The van der Waals surface area contributed by atoms with Gasteiger partial charge >= 0.3 is 0 Å². The second kappa shape index (κ2) is 5.31. The maximum Gasteiger partial charge on any atom is 0.197 e. The number of rotatable bonds is 2. The highest BCUT2D eigenvalue weighted by Crippen LogP contribution is 2.37. The third-order valence-electron chi connectivity index (χ3n) is 3.78. The number of benzene rings is 2. The molecule has 0 atom stereocenters. The van der Waals surface area contributed by atoms with Gasteiger partial charge in [0.25, 0.3) is 0 Å². The number of fused-ring (bicyclic) bond motifs is 3. The van der Waals surface area contributed by atoms with Crippen molar-refractivity contribution in [3.05, 3.63) is 54.3 Å². The lowest BCUT2D eigenvalue weighted by atomic mass is 10.1. The Hall–Kier alpha value is -2.40. The van der Waals surface area contributed by atoms with E-state index in [-0.39, 0.29) is 11.4 Å². The van der Waals surface area contributed by atoms with E-state index in [1.807, 2.05) is 18.2 Å². The van der Waals surface area contributed by atoms with Crippen LogP contribution in [0.2, 0.25) is 0 Å². The van der Waals surface area contributed by atoms with Crippen molar-refractivity contribution >= 4 is 32.3 Å². The molecule has 0 aliphatic heterocycles. The highest BCUT2D eigenvalue weighted by atomic mass is 32.1. The fourth-order valence-electron chi connectivity index (χ4n) is 2.83. The van der Waals surface area contributed by atoms with Gasteiger partial charge in [0.05, 0.1) is 10.2 Å². The largest absolute Gasteiger partial charge is 0.365 e. The molecular weight excluding hydrogens is 321 g/mol. The van der Waals surface area contributed by atoms with Gasteiger partial charge in [0.1, 0.15) is 17.3 Å². The molecule has 0 radical (unpaired) electrons. The van der Waals surface area contributed by atoms with Gasteiger partial charge in [0, 0.05) is 11.1 Å². The lowest BCUT2D eigenvalue weighted by Crippen LogP contribution is -2.27. The number of para-hydroxylation sites is 1. The first-order valence-corrected chi connectivity index (χ1v) is 8.69. The van der Waals surface area contributed by atoms with E-state index in [0.29, 0.717) is 11.3 Å². The predicted octanol–water partition coefficient (Wildman–Crippen LogP) is 5.57. The van der Waals surface area contributed by atoms with Crippen LogP contribution in [0.4, 0.5) is 10.2 Å².